The number of piperidine rings is 4. The number of likely N-dealkylation sites (tertiary alicyclic amines) is 4. The van der Waals surface area contributed by atoms with Crippen LogP contribution in [0.25, 0.3) is 0 Å². The average molecular weight is 2130 g/mol. The van der Waals surface area contributed by atoms with Crippen LogP contribution in [-0.2, 0) is 23.7 Å². The number of piperazine rings is 2. The van der Waals surface area contributed by atoms with Crippen molar-refractivity contribution < 1.29 is 23.7 Å². The average Bonchev–Trinajstić information content (AvgIpc) is 1.73. The Morgan fingerprint density at radius 1 is 0.387 bits per heavy atom. The largest absolute Gasteiger partial charge is 0.463 e. The predicted molar refractivity (Wildman–Crippen MR) is 631 cm³/mol. The van der Waals surface area contributed by atoms with Gasteiger partial charge in [0.25, 0.3) is 12.0 Å². The van der Waals surface area contributed by atoms with E-state index in [1.807, 2.05) is 68.4 Å². The number of amidine groups is 5. The van der Waals surface area contributed by atoms with E-state index in [1.165, 1.54) is 51.7 Å². The first-order valence-electron chi connectivity index (χ1n) is 55.3. The van der Waals surface area contributed by atoms with Gasteiger partial charge in [-0.15, -0.1) is 0 Å². The third-order valence-electron chi connectivity index (χ3n) is 26.3. The molecule has 0 radical (unpaired) electrons. The second kappa shape index (κ2) is 88.5. The summed E-state index contributed by atoms with van der Waals surface area (Å²) in [6.07, 6.45) is 11.1. The summed E-state index contributed by atoms with van der Waals surface area (Å²) in [6, 6.07) is 1.49. The van der Waals surface area contributed by atoms with Crippen LogP contribution in [0.1, 0.15) is 141 Å². The lowest BCUT2D eigenvalue weighted by Crippen LogP contribution is -2.49. The van der Waals surface area contributed by atoms with Crippen LogP contribution >= 0.6 is 0 Å². The fraction of sp³-hybridized carbons (Fsp3) is 0.863. The van der Waals surface area contributed by atoms with Crippen molar-refractivity contribution in [2.24, 2.45) is 69.0 Å². The number of nitrogens with two attached hydrogens (primary N) is 3. The molecule has 16 heterocycles. The van der Waals surface area contributed by atoms with Gasteiger partial charge >= 0.3 is 0 Å². The Kier molecular flexibility index (Phi) is 82.6. The molecule has 21 N–H and O–H groups in total. The smallest absolute Gasteiger partial charge is 0.287 e. The van der Waals surface area contributed by atoms with Crippen LogP contribution in [0, 0.1) is 44.3 Å². The van der Waals surface area contributed by atoms with Gasteiger partial charge in [-0.1, -0.05) is 20.8 Å². The number of rotatable bonds is 9. The normalized spacial score (nSPS) is 19.7. The van der Waals surface area contributed by atoms with Crippen LogP contribution in [-0.4, -0.2) is 599 Å². The first-order chi connectivity index (χ1) is 71.7. The van der Waals surface area contributed by atoms with E-state index < -0.39 is 0 Å². The van der Waals surface area contributed by atoms with E-state index in [9.17, 15) is 0 Å². The quantitative estimate of drug-likeness (QED) is 0.115. The molecule has 0 unspecified atom stereocenters. The van der Waals surface area contributed by atoms with E-state index in [-0.39, 0.29) is 17.9 Å². The molecule has 0 saturated carbocycles. The number of aliphatic imine (C=N–C) groups is 8. The van der Waals surface area contributed by atoms with E-state index in [1.54, 1.807) is 28.3 Å². The highest BCUT2D eigenvalue weighted by Crippen LogP contribution is 2.18. The van der Waals surface area contributed by atoms with Crippen molar-refractivity contribution in [1.29, 1.82) is 32.5 Å². The van der Waals surface area contributed by atoms with Gasteiger partial charge < -0.3 is 172 Å². The van der Waals surface area contributed by atoms with Crippen molar-refractivity contribution in [3.8, 4) is 0 Å². The lowest BCUT2D eigenvalue weighted by Gasteiger charge is -2.32. The fourth-order valence-electron chi connectivity index (χ4n) is 15.3. The van der Waals surface area contributed by atoms with Gasteiger partial charge in [0.05, 0.1) is 82.2 Å². The highest BCUT2D eigenvalue weighted by atomic mass is 16.5. The number of morpholine rings is 1. The van der Waals surface area contributed by atoms with E-state index in [0.29, 0.717) is 29.9 Å². The predicted octanol–water partition coefficient (Wildman–Crippen LogP) is 1.77. The van der Waals surface area contributed by atoms with Crippen molar-refractivity contribution in [1.82, 2.24) is 131 Å². The zero-order valence-electron chi connectivity index (χ0n) is 99.4. The molecule has 150 heavy (non-hydrogen) atoms. The standard InChI is InChI=1S/C8H16N2O.C8H16N2.C7H15N3O.3C7H15N3.C6H14N4.2C6H13N3.C6H12N2O.C6H14N2.2C5H11N3.C5H10N2O.C5H11NO.C4H9N3.C4H11N/c1-7(9)10-5-3-8(11-2)4-6-10;1-7-3-5-10(6-4-7)8(2)9;1-11-6-2-4-10(5-3-6)7(8)9;1-7(8)10-5-3-9(2)4-6-10;1-6-2-4-10(5-3-6)7(8)9;1-4-9(2)7-8-5-6-10(7)3;1-9-2-4-10(5-3-9)6(7)8;1-3-9(2)6-7-4-5-8-6;1-3-7-6-8-4-5-9(6)2;1-3-8(2)6-7-4-5-9-6;1-8-5-2-3-7-4-6-8;1-6-5-7-3-4-8(5)2;2*1-2-6-5-7-3-4-8-5;1-6-2-4-7-5-3-6;1-5-4-6-2-3-7-4;1-4-5(2)3/h8-9H,3-6H2,1-2H3;7,9H,3-6H2,1-2H3;6H,2-5H2,1H3,(H3,8,9);8H,3-6H2,1-2H3;6H,2-5H2,1H3,(H3,8,9);4-6H2,1-3H3;2-5H2,1H3,(H3,7,8);2*3-5H2,1-2H3,(H,7,8);3-5H2,1-2H3;7H,2-6H2,1H3;3-4H2,1-2H3,(H,6,7);2-4H2,1H3,(H2,6,7,8);2-4H2,1H3,(H,6,7);2-5H2,1H3;2-3H2,1H3,(H2,5,6,7);4H2,1-3H3. The number of nitrogens with one attached hydrogen (secondary N) is 15. The SMILES string of the molecule is CC(=N)N1CCC(C)CC1.CC(=N)N1CCN(C)CC1.CC1CCN(C(=N)N)CC1.CCN(C)C.CCN(C)C1=NCCN1.CCN(C)C1=NCCN1C.CCN(C)C1=NCCO1.CCNC1=NCCN1.CCNC1=NCCN1C.CCNC1=NCCO1.CN1CCCNCC1.CN1CCN(C(=N)N)CC1.CN1CCOCC1.CN=C1NCCN1.CN=C1NCCN1C.COC1CCN(C(=N)N)CC1.COC1CCN(C(C)=N)CC1. The highest BCUT2D eigenvalue weighted by molar-refractivity contribution is 5.84. The fourth-order valence-corrected chi connectivity index (χ4v) is 15.3. The number of ether oxygens (including phenoxy) is 5. The van der Waals surface area contributed by atoms with Crippen LogP contribution in [0.15, 0.2) is 39.9 Å². The van der Waals surface area contributed by atoms with E-state index >= 15 is 0 Å². The van der Waals surface area contributed by atoms with Gasteiger partial charge in [0.2, 0.25) is 0 Å². The number of methoxy groups -OCH3 is 2. The second-order valence-electron chi connectivity index (χ2n) is 38.9. The van der Waals surface area contributed by atoms with Crippen LogP contribution in [0.2, 0.25) is 0 Å². The van der Waals surface area contributed by atoms with Crippen molar-refractivity contribution >= 4 is 83.2 Å². The third kappa shape index (κ3) is 69.6. The minimum atomic E-state index is 0.180. The van der Waals surface area contributed by atoms with Crippen molar-refractivity contribution in [3.05, 3.63) is 0 Å². The van der Waals surface area contributed by atoms with Crippen molar-refractivity contribution in [2.75, 3.05) is 421 Å². The zero-order valence-corrected chi connectivity index (χ0v) is 99.4. The summed E-state index contributed by atoms with van der Waals surface area (Å²) in [4.78, 5) is 69.0. The molecule has 10 fully saturated rings. The Bertz CT molecular complexity index is 3460. The topological polar surface area (TPSA) is 530 Å². The minimum absolute atomic E-state index is 0.180. The maximum atomic E-state index is 7.40. The first kappa shape index (κ1) is 140. The molecule has 0 aliphatic carbocycles. The Labute approximate surface area is 908 Å². The van der Waals surface area contributed by atoms with Gasteiger partial charge in [-0.25, -0.2) is 9.98 Å². The van der Waals surface area contributed by atoms with Crippen LogP contribution in [0.5, 0.6) is 0 Å². The summed E-state index contributed by atoms with van der Waals surface area (Å²) in [5.74, 6) is 10.5. The summed E-state index contributed by atoms with van der Waals surface area (Å²) in [5, 5.41) is 71.7. The summed E-state index contributed by atoms with van der Waals surface area (Å²) < 4.78 is 25.7. The number of likely N-dealkylation sites (N-methyl/N-ethyl adjacent to an activating group) is 7. The number of nitrogens with zero attached hydrogens (tertiary/aromatic N) is 25. The molecule has 16 aliphatic heterocycles. The second-order valence-corrected chi connectivity index (χ2v) is 38.9. The molecule has 0 amide bonds. The number of hydrogen-bond acceptors (Lipinski definition) is 35. The van der Waals surface area contributed by atoms with Crippen LogP contribution in [0.4, 0.5) is 0 Å². The maximum Gasteiger partial charge on any atom is 0.287 e. The van der Waals surface area contributed by atoms with Gasteiger partial charge in [0.15, 0.2) is 53.6 Å². The number of guanidine groups is 9. The van der Waals surface area contributed by atoms with Gasteiger partial charge in [0, 0.05) is 293 Å². The molecule has 0 aromatic carbocycles. The van der Waals surface area contributed by atoms with Crippen LogP contribution in [0.3, 0.4) is 0 Å². The van der Waals surface area contributed by atoms with Gasteiger partial charge in [-0.05, 0) is 194 Å². The summed E-state index contributed by atoms with van der Waals surface area (Å²) in [7, 11) is 31.9. The third-order valence-corrected chi connectivity index (χ3v) is 26.3. The maximum absolute atomic E-state index is 7.40. The molecule has 0 atom stereocenters. The molecular weight excluding hydrogens is 1910 g/mol. The highest BCUT2D eigenvalue weighted by Gasteiger charge is 2.24. The molecule has 874 valence electrons. The Morgan fingerprint density at radius 2 is 0.820 bits per heavy atom. The lowest BCUT2D eigenvalue weighted by molar-refractivity contribution is 0.0503. The molecule has 48 heteroatoms. The van der Waals surface area contributed by atoms with Crippen molar-refractivity contribution in [3.63, 3.8) is 0 Å². The molecule has 48 nitrogen and oxygen atoms in total. The molecular formula is C102H221N43O5. The monoisotopic (exact) mass is 2130 g/mol. The Hall–Kier alpha value is -9.98. The first-order valence-corrected chi connectivity index (χ1v) is 55.3. The van der Waals surface area contributed by atoms with Gasteiger partial charge in [-0.2, -0.15) is 0 Å². The Morgan fingerprint density at radius 3 is 1.17 bits per heavy atom. The molecule has 0 bridgehead atoms. The number of hydrogen-bond donors (Lipinski definition) is 18. The molecule has 16 aliphatic rings. The molecule has 16 rings (SSSR count). The summed E-state index contributed by atoms with van der Waals surface area (Å²) in [6.45, 7) is 71.4. The molecule has 0 aromatic heterocycles. The van der Waals surface area contributed by atoms with E-state index in [0.717, 1.165) is 373 Å². The minimum Gasteiger partial charge on any atom is -0.463 e. The zero-order chi connectivity index (χ0) is 112. The van der Waals surface area contributed by atoms with Gasteiger partial charge in [-0.3, -0.25) is 62.4 Å². The summed E-state index contributed by atoms with van der Waals surface area (Å²) in [5.41, 5.74) is 15.9. The molecule has 0 aromatic rings. The molecule has 10 saturated heterocycles. The summed E-state index contributed by atoms with van der Waals surface area (Å²) >= 11 is 0. The van der Waals surface area contributed by atoms with Crippen LogP contribution < -0.4 is 65.1 Å². The van der Waals surface area contributed by atoms with E-state index in [4.69, 9.17) is 73.3 Å². The van der Waals surface area contributed by atoms with Gasteiger partial charge in [0.1, 0.15) is 13.2 Å². The molecule has 0 spiro atoms. The van der Waals surface area contributed by atoms with E-state index in [2.05, 4.69) is 270 Å². The Balaban J connectivity index is 0.00000158. The lowest BCUT2D eigenvalue weighted by atomic mass is 9.99. The van der Waals surface area contributed by atoms with Crippen molar-refractivity contribution in [2.45, 2.75) is 153 Å².